The highest BCUT2D eigenvalue weighted by molar-refractivity contribution is 9.11. The fraction of sp³-hybridized carbons (Fsp3) is 0.231. The molecule has 0 radical (unpaired) electrons. The molecule has 1 heterocycles. The van der Waals surface area contributed by atoms with Gasteiger partial charge in [0.2, 0.25) is 0 Å². The minimum Gasteiger partial charge on any atom is -0.279 e. The monoisotopic (exact) mass is 393 g/mol. The number of hydrogen-bond donors (Lipinski definition) is 1. The molecule has 0 aliphatic carbocycles. The van der Waals surface area contributed by atoms with Crippen LogP contribution in [0.25, 0.3) is 0 Å². The maximum atomic E-state index is 12.2. The highest BCUT2D eigenvalue weighted by Gasteiger charge is 2.19. The van der Waals surface area contributed by atoms with E-state index in [4.69, 9.17) is 11.6 Å². The summed E-state index contributed by atoms with van der Waals surface area (Å²) >= 11 is 10.2. The second kappa shape index (κ2) is 6.47. The van der Waals surface area contributed by atoms with E-state index in [-0.39, 0.29) is 4.21 Å². The number of anilines is 1. The highest BCUT2D eigenvalue weighted by atomic mass is 79.9. The summed E-state index contributed by atoms with van der Waals surface area (Å²) in [5.74, 6) is 0. The quantitative estimate of drug-likeness (QED) is 0.782. The van der Waals surface area contributed by atoms with Crippen molar-refractivity contribution in [3.8, 4) is 0 Å². The van der Waals surface area contributed by atoms with Crippen molar-refractivity contribution in [2.75, 3.05) is 4.72 Å². The largest absolute Gasteiger partial charge is 0.279 e. The minimum atomic E-state index is -3.59. The number of sulfonamides is 1. The van der Waals surface area contributed by atoms with Crippen molar-refractivity contribution in [2.24, 2.45) is 0 Å². The summed E-state index contributed by atoms with van der Waals surface area (Å²) in [6.45, 7) is 2.11. The van der Waals surface area contributed by atoms with E-state index in [1.54, 1.807) is 12.1 Å². The van der Waals surface area contributed by atoms with Crippen molar-refractivity contribution < 1.29 is 8.42 Å². The number of hydrogen-bond acceptors (Lipinski definition) is 3. The first-order valence-electron chi connectivity index (χ1n) is 5.99. The van der Waals surface area contributed by atoms with Crippen molar-refractivity contribution in [1.82, 2.24) is 0 Å². The Morgan fingerprint density at radius 2 is 1.95 bits per heavy atom. The van der Waals surface area contributed by atoms with Crippen LogP contribution in [0.3, 0.4) is 0 Å². The SMILES string of the molecule is CCCc1ccc(NS(=O)(=O)c2cc(Cl)c(Br)s2)cc1. The highest BCUT2D eigenvalue weighted by Crippen LogP contribution is 2.35. The molecule has 0 saturated heterocycles. The van der Waals surface area contributed by atoms with E-state index in [1.807, 2.05) is 12.1 Å². The lowest BCUT2D eigenvalue weighted by atomic mass is 10.1. The zero-order valence-corrected chi connectivity index (χ0v) is 14.7. The van der Waals surface area contributed by atoms with Crippen LogP contribution in [-0.2, 0) is 16.4 Å². The molecule has 1 aromatic heterocycles. The van der Waals surface area contributed by atoms with E-state index in [0.717, 1.165) is 24.2 Å². The number of thiophene rings is 1. The van der Waals surface area contributed by atoms with Gasteiger partial charge in [-0.25, -0.2) is 8.42 Å². The van der Waals surface area contributed by atoms with Crippen LogP contribution < -0.4 is 4.72 Å². The summed E-state index contributed by atoms with van der Waals surface area (Å²) in [6, 6.07) is 8.83. The van der Waals surface area contributed by atoms with E-state index in [1.165, 1.54) is 11.6 Å². The summed E-state index contributed by atoms with van der Waals surface area (Å²) < 4.78 is 27.7. The van der Waals surface area contributed by atoms with Gasteiger partial charge in [0.15, 0.2) is 0 Å². The molecule has 3 nitrogen and oxygen atoms in total. The molecule has 0 amide bonds. The first-order valence-corrected chi connectivity index (χ1v) is 9.46. The number of halogens is 2. The predicted octanol–water partition coefficient (Wildman–Crippen LogP) is 4.92. The minimum absolute atomic E-state index is 0.187. The molecule has 0 saturated carbocycles. The topological polar surface area (TPSA) is 46.2 Å². The van der Waals surface area contributed by atoms with E-state index >= 15 is 0 Å². The van der Waals surface area contributed by atoms with E-state index in [9.17, 15) is 8.42 Å². The smallest absolute Gasteiger partial charge is 0.271 e. The second-order valence-electron chi connectivity index (χ2n) is 4.24. The lowest BCUT2D eigenvalue weighted by Gasteiger charge is -2.07. The Kier molecular flexibility index (Phi) is 5.12. The van der Waals surface area contributed by atoms with Gasteiger partial charge in [-0.15, -0.1) is 11.3 Å². The molecular formula is C13H13BrClNO2S2. The molecule has 0 aliphatic heterocycles. The molecule has 7 heteroatoms. The fourth-order valence-electron chi connectivity index (χ4n) is 1.69. The van der Waals surface area contributed by atoms with Crippen molar-refractivity contribution in [3.63, 3.8) is 0 Å². The average molecular weight is 395 g/mol. The van der Waals surface area contributed by atoms with Gasteiger partial charge in [-0.1, -0.05) is 37.1 Å². The van der Waals surface area contributed by atoms with Gasteiger partial charge in [0.25, 0.3) is 10.0 Å². The predicted molar refractivity (Wildman–Crippen MR) is 88.3 cm³/mol. The van der Waals surface area contributed by atoms with Gasteiger partial charge >= 0.3 is 0 Å². The van der Waals surface area contributed by atoms with Gasteiger partial charge < -0.3 is 0 Å². The summed E-state index contributed by atoms with van der Waals surface area (Å²) in [5.41, 5.74) is 1.74. The lowest BCUT2D eigenvalue weighted by molar-refractivity contribution is 0.603. The second-order valence-corrected chi connectivity index (χ2v) is 8.93. The molecular weight excluding hydrogens is 382 g/mol. The molecule has 2 aromatic rings. The van der Waals surface area contributed by atoms with Crippen LogP contribution in [0.4, 0.5) is 5.69 Å². The molecule has 108 valence electrons. The molecule has 0 atom stereocenters. The van der Waals surface area contributed by atoms with Crippen molar-refractivity contribution in [2.45, 2.75) is 24.0 Å². The maximum Gasteiger partial charge on any atom is 0.271 e. The molecule has 20 heavy (non-hydrogen) atoms. The first kappa shape index (κ1) is 15.8. The fourth-order valence-corrected chi connectivity index (χ4v) is 5.15. The number of nitrogens with one attached hydrogen (secondary N) is 1. The number of benzene rings is 1. The Bertz CT molecular complexity index is 676. The van der Waals surface area contributed by atoms with Crippen LogP contribution in [0.1, 0.15) is 18.9 Å². The van der Waals surface area contributed by atoms with Crippen LogP contribution in [-0.4, -0.2) is 8.42 Å². The Labute approximate surface area is 136 Å². The van der Waals surface area contributed by atoms with E-state index in [0.29, 0.717) is 14.5 Å². The third-order valence-electron chi connectivity index (χ3n) is 2.63. The summed E-state index contributed by atoms with van der Waals surface area (Å²) in [4.78, 5) is 0. The molecule has 1 aromatic carbocycles. The lowest BCUT2D eigenvalue weighted by Crippen LogP contribution is -2.11. The van der Waals surface area contributed by atoms with Gasteiger partial charge in [-0.2, -0.15) is 0 Å². The Morgan fingerprint density at radius 3 is 2.45 bits per heavy atom. The van der Waals surface area contributed by atoms with Gasteiger partial charge in [0.1, 0.15) is 4.21 Å². The van der Waals surface area contributed by atoms with Crippen LogP contribution in [0.2, 0.25) is 5.02 Å². The molecule has 0 unspecified atom stereocenters. The third kappa shape index (κ3) is 3.75. The standard InChI is InChI=1S/C13H13BrClNO2S2/c1-2-3-9-4-6-10(7-5-9)16-20(17,18)12-8-11(15)13(14)19-12/h4-8,16H,2-3H2,1H3. The summed E-state index contributed by atoms with van der Waals surface area (Å²) in [6.07, 6.45) is 2.05. The van der Waals surface area contributed by atoms with Gasteiger partial charge in [0.05, 0.1) is 8.81 Å². The van der Waals surface area contributed by atoms with Crippen LogP contribution in [0, 0.1) is 0 Å². The molecule has 0 spiro atoms. The van der Waals surface area contributed by atoms with Crippen molar-refractivity contribution >= 4 is 54.6 Å². The Balaban J connectivity index is 2.19. The average Bonchev–Trinajstić information content (AvgIpc) is 2.73. The maximum absolute atomic E-state index is 12.2. The molecule has 0 fully saturated rings. The molecule has 1 N–H and O–H groups in total. The van der Waals surface area contributed by atoms with Crippen LogP contribution in [0.5, 0.6) is 0 Å². The first-order chi connectivity index (χ1) is 9.42. The van der Waals surface area contributed by atoms with Crippen LogP contribution >= 0.6 is 38.9 Å². The third-order valence-corrected chi connectivity index (χ3v) is 6.96. The van der Waals surface area contributed by atoms with E-state index < -0.39 is 10.0 Å². The Morgan fingerprint density at radius 1 is 1.30 bits per heavy atom. The van der Waals surface area contributed by atoms with Crippen LogP contribution in [0.15, 0.2) is 38.3 Å². The van der Waals surface area contributed by atoms with Crippen molar-refractivity contribution in [3.05, 3.63) is 44.7 Å². The number of aryl methyl sites for hydroxylation is 1. The zero-order valence-electron chi connectivity index (χ0n) is 10.7. The van der Waals surface area contributed by atoms with Gasteiger partial charge in [-0.05, 0) is 46.1 Å². The van der Waals surface area contributed by atoms with Gasteiger partial charge in [-0.3, -0.25) is 4.72 Å². The summed E-state index contributed by atoms with van der Waals surface area (Å²) in [5, 5.41) is 0.397. The Hall–Kier alpha value is -0.560. The molecule has 0 aliphatic rings. The number of rotatable bonds is 5. The van der Waals surface area contributed by atoms with Gasteiger partial charge in [0, 0.05) is 5.69 Å². The molecule has 2 rings (SSSR count). The zero-order chi connectivity index (χ0) is 14.8. The normalized spacial score (nSPS) is 11.6. The summed E-state index contributed by atoms with van der Waals surface area (Å²) in [7, 11) is -3.59. The van der Waals surface area contributed by atoms with Crippen molar-refractivity contribution in [1.29, 1.82) is 0 Å². The van der Waals surface area contributed by atoms with E-state index in [2.05, 4.69) is 27.6 Å². The molecule has 0 bridgehead atoms.